The molecule has 4 nitrogen and oxygen atoms in total. The van der Waals surface area contributed by atoms with Crippen LogP contribution in [0.4, 0.5) is 0 Å². The Labute approximate surface area is 205 Å². The number of carbonyl (C=O) groups is 2. The zero-order valence-corrected chi connectivity index (χ0v) is 22.6. The van der Waals surface area contributed by atoms with Gasteiger partial charge in [0.15, 0.2) is 0 Å². The first-order valence-corrected chi connectivity index (χ1v) is 7.14. The number of carbonyl (C=O) groups excluding carboxylic acids is 2. The van der Waals surface area contributed by atoms with Crippen molar-refractivity contribution >= 4 is 11.9 Å². The predicted octanol–water partition coefficient (Wildman–Crippen LogP) is -2.62. The van der Waals surface area contributed by atoms with Gasteiger partial charge in [0.2, 0.25) is 0 Å². The van der Waals surface area contributed by atoms with E-state index in [0.717, 1.165) is 0 Å². The van der Waals surface area contributed by atoms with E-state index in [1.165, 1.54) is 22.3 Å². The Kier molecular flexibility index (Phi) is 61.5. The second kappa shape index (κ2) is 35.7. The molecule has 0 N–H and O–H groups in total. The Morgan fingerprint density at radius 3 is 0.654 bits per heavy atom. The molecule has 0 saturated heterocycles. The smallest absolute Gasteiger partial charge is 0.545 e. The van der Waals surface area contributed by atoms with Crippen LogP contribution in [-0.2, 0) is 9.59 Å². The van der Waals surface area contributed by atoms with Crippen LogP contribution in [-0.4, -0.2) is 11.9 Å². The van der Waals surface area contributed by atoms with E-state index in [4.69, 9.17) is 0 Å². The molecule has 0 aromatic rings. The van der Waals surface area contributed by atoms with Crippen molar-refractivity contribution in [3.63, 3.8) is 0 Å². The zero-order chi connectivity index (χ0) is 20.9. The zero-order valence-electron chi connectivity index (χ0n) is 18.6. The third-order valence-electron chi connectivity index (χ3n) is 0.355. The quantitative estimate of drug-likeness (QED) is 0.297. The maximum atomic E-state index is 9.41. The summed E-state index contributed by atoms with van der Waals surface area (Å²) in [5.41, 5.74) is 4.67. The van der Waals surface area contributed by atoms with Gasteiger partial charge in [0.05, 0.1) is 11.9 Å². The summed E-state index contributed by atoms with van der Waals surface area (Å²) < 4.78 is 0. The monoisotopic (exact) mass is 384 g/mol. The number of carboxylic acid groups (broad SMARTS) is 2. The molecule has 0 aliphatic carbocycles. The van der Waals surface area contributed by atoms with Crippen molar-refractivity contribution in [2.75, 3.05) is 0 Å². The van der Waals surface area contributed by atoms with Crippen LogP contribution in [0.15, 0.2) is 60.8 Å². The molecule has 0 aromatic heterocycles. The summed E-state index contributed by atoms with van der Waals surface area (Å²) in [4.78, 5) is 18.8. The van der Waals surface area contributed by atoms with Gasteiger partial charge < -0.3 is 19.8 Å². The third kappa shape index (κ3) is 563. The summed E-state index contributed by atoms with van der Waals surface area (Å²) in [6.45, 7) is 30.0. The fraction of sp³-hybridized carbons (Fsp3) is 0.400. The Morgan fingerprint density at radius 1 is 0.538 bits per heavy atom. The Hall–Kier alpha value is -0.360. The first-order valence-electron chi connectivity index (χ1n) is 7.14. The van der Waals surface area contributed by atoms with E-state index in [1.807, 2.05) is 55.4 Å². The van der Waals surface area contributed by atoms with Crippen LogP contribution in [0.3, 0.4) is 0 Å². The first-order chi connectivity index (χ1) is 10.6. The van der Waals surface area contributed by atoms with Crippen LogP contribution in [0.5, 0.6) is 0 Å². The Balaban J connectivity index is -0.0000000355. The van der Waals surface area contributed by atoms with Crippen LogP contribution in [0.1, 0.15) is 55.4 Å². The van der Waals surface area contributed by atoms with E-state index in [-0.39, 0.29) is 59.1 Å². The molecular formula is C20H34Na2O4. The van der Waals surface area contributed by atoms with Gasteiger partial charge >= 0.3 is 59.1 Å². The molecule has 0 heterocycles. The van der Waals surface area contributed by atoms with E-state index in [2.05, 4.69) is 26.3 Å². The number of hydrogen-bond acceptors (Lipinski definition) is 4. The fourth-order valence-electron chi connectivity index (χ4n) is 0.136. The SMILES string of the molecule is C=C(C)C.C=C(C)C.C=C(C)C.C=C(C)C.O=C([O-])/C=C\C(=O)[O-].[Na+].[Na+]. The molecular weight excluding hydrogens is 350 g/mol. The van der Waals surface area contributed by atoms with Gasteiger partial charge in [0, 0.05) is 0 Å². The molecule has 0 atom stereocenters. The maximum absolute atomic E-state index is 9.41. The summed E-state index contributed by atoms with van der Waals surface area (Å²) >= 11 is 0. The van der Waals surface area contributed by atoms with Crippen molar-refractivity contribution in [3.05, 3.63) is 60.8 Å². The van der Waals surface area contributed by atoms with E-state index >= 15 is 0 Å². The van der Waals surface area contributed by atoms with Gasteiger partial charge in [-0.3, -0.25) is 0 Å². The Morgan fingerprint density at radius 2 is 0.615 bits per heavy atom. The third-order valence-corrected chi connectivity index (χ3v) is 0.355. The molecule has 0 aliphatic rings. The van der Waals surface area contributed by atoms with E-state index in [1.54, 1.807) is 0 Å². The number of hydrogen-bond donors (Lipinski definition) is 0. The maximum Gasteiger partial charge on any atom is 1.00 e. The minimum atomic E-state index is -1.55. The number of carboxylic acids is 2. The molecule has 0 radical (unpaired) electrons. The molecule has 140 valence electrons. The second-order valence-electron chi connectivity index (χ2n) is 5.80. The number of allylic oxidation sites excluding steroid dienone is 4. The van der Waals surface area contributed by atoms with Crippen LogP contribution in [0.2, 0.25) is 0 Å². The normalized spacial score (nSPS) is 6.92. The first kappa shape index (κ1) is 44.8. The average molecular weight is 384 g/mol. The predicted molar refractivity (Wildman–Crippen MR) is 101 cm³/mol. The van der Waals surface area contributed by atoms with Gasteiger partial charge in [-0.15, -0.1) is 26.3 Å². The van der Waals surface area contributed by atoms with Crippen molar-refractivity contribution in [2.45, 2.75) is 55.4 Å². The van der Waals surface area contributed by atoms with Crippen molar-refractivity contribution < 1.29 is 78.9 Å². The molecule has 0 rings (SSSR count). The summed E-state index contributed by atoms with van der Waals surface area (Å²) in [7, 11) is 0. The molecule has 0 fully saturated rings. The molecule has 0 unspecified atom stereocenters. The number of aliphatic carboxylic acids is 2. The van der Waals surface area contributed by atoms with Gasteiger partial charge in [-0.1, -0.05) is 22.3 Å². The van der Waals surface area contributed by atoms with Gasteiger partial charge in [0.1, 0.15) is 0 Å². The van der Waals surface area contributed by atoms with Gasteiger partial charge in [-0.2, -0.15) is 0 Å². The van der Waals surface area contributed by atoms with Crippen molar-refractivity contribution in [3.8, 4) is 0 Å². The summed E-state index contributed by atoms with van der Waals surface area (Å²) in [6.07, 6.45) is 0.769. The van der Waals surface area contributed by atoms with Gasteiger partial charge in [0.25, 0.3) is 0 Å². The minimum absolute atomic E-state index is 0. The standard InChI is InChI=1S/C4H4O4.4C4H8.2Na/c5-3(6)1-2-4(7)8;4*1-4(2)3;;/h1-2H,(H,5,6)(H,7,8);4*1H2,2-3H3;;/q;;;;;2*+1/p-2/b2-1-;;;;;;. The summed E-state index contributed by atoms with van der Waals surface area (Å²) in [5.74, 6) is -3.09. The van der Waals surface area contributed by atoms with Crippen molar-refractivity contribution in [1.29, 1.82) is 0 Å². The molecule has 26 heavy (non-hydrogen) atoms. The summed E-state index contributed by atoms with van der Waals surface area (Å²) in [5, 5.41) is 18.8. The van der Waals surface area contributed by atoms with E-state index in [9.17, 15) is 19.8 Å². The minimum Gasteiger partial charge on any atom is -0.545 e. The molecule has 0 aromatic carbocycles. The molecule has 0 amide bonds. The van der Waals surface area contributed by atoms with Crippen LogP contribution in [0, 0.1) is 0 Å². The van der Waals surface area contributed by atoms with Crippen LogP contribution in [0.25, 0.3) is 0 Å². The molecule has 0 spiro atoms. The Bertz CT molecular complexity index is 357. The average Bonchev–Trinajstić information content (AvgIpc) is 2.22. The summed E-state index contributed by atoms with van der Waals surface area (Å²) in [6, 6.07) is 0. The van der Waals surface area contributed by atoms with Gasteiger partial charge in [-0.05, 0) is 67.5 Å². The molecule has 6 heteroatoms. The topological polar surface area (TPSA) is 80.3 Å². The van der Waals surface area contributed by atoms with Crippen LogP contribution < -0.4 is 69.3 Å². The van der Waals surface area contributed by atoms with Crippen molar-refractivity contribution in [2.24, 2.45) is 0 Å². The molecule has 0 bridgehead atoms. The van der Waals surface area contributed by atoms with Crippen molar-refractivity contribution in [1.82, 2.24) is 0 Å². The number of rotatable bonds is 2. The van der Waals surface area contributed by atoms with Gasteiger partial charge in [-0.25, -0.2) is 0 Å². The van der Waals surface area contributed by atoms with Crippen LogP contribution >= 0.6 is 0 Å². The largest absolute Gasteiger partial charge is 1.00 e. The van der Waals surface area contributed by atoms with E-state index in [0.29, 0.717) is 12.2 Å². The second-order valence-corrected chi connectivity index (χ2v) is 5.80. The molecule has 0 saturated carbocycles. The van der Waals surface area contributed by atoms with E-state index < -0.39 is 11.9 Å². The molecule has 0 aliphatic heterocycles. The fourth-order valence-corrected chi connectivity index (χ4v) is 0.136.